The molecule has 0 saturated heterocycles. The minimum Gasteiger partial charge on any atom is -0.493 e. The van der Waals surface area contributed by atoms with Crippen LogP contribution in [0.3, 0.4) is 0 Å². The Morgan fingerprint density at radius 3 is 2.59 bits per heavy atom. The molecule has 0 aliphatic rings. The summed E-state index contributed by atoms with van der Waals surface area (Å²) in [7, 11) is 3.06. The number of methoxy groups -OCH3 is 1. The molecule has 0 aliphatic heterocycles. The van der Waals surface area contributed by atoms with Gasteiger partial charge in [-0.25, -0.2) is 4.79 Å². The Kier molecular flexibility index (Phi) is 7.29. The average Bonchev–Trinajstić information content (AvgIpc) is 2.91. The maximum absolute atomic E-state index is 12.3. The fraction of sp³-hybridized carbons (Fsp3) is 0.316. The number of anilines is 1. The number of nitrogens with one attached hydrogen (secondary N) is 1. The van der Waals surface area contributed by atoms with Crippen LogP contribution in [-0.4, -0.2) is 42.0 Å². The van der Waals surface area contributed by atoms with Crippen LogP contribution in [0.5, 0.6) is 11.5 Å². The maximum atomic E-state index is 12.3. The lowest BCUT2D eigenvalue weighted by molar-refractivity contribution is -0.142. The van der Waals surface area contributed by atoms with Crippen molar-refractivity contribution in [3.8, 4) is 11.5 Å². The topological polar surface area (TPSA) is 91.7 Å². The van der Waals surface area contributed by atoms with Crippen molar-refractivity contribution in [2.45, 2.75) is 20.5 Å². The van der Waals surface area contributed by atoms with Gasteiger partial charge in [0.2, 0.25) is 0 Å². The molecule has 0 radical (unpaired) electrons. The number of alkyl halides is 2. The second-order valence-corrected chi connectivity index (χ2v) is 5.95. The van der Waals surface area contributed by atoms with Crippen LogP contribution >= 0.6 is 0 Å². The third-order valence-electron chi connectivity index (χ3n) is 3.93. The third kappa shape index (κ3) is 6.03. The molecule has 0 aliphatic carbocycles. The highest BCUT2D eigenvalue weighted by Gasteiger charge is 2.14. The van der Waals surface area contributed by atoms with E-state index in [1.807, 2.05) is 0 Å². The normalized spacial score (nSPS) is 11.0. The Hall–Kier alpha value is -3.43. The van der Waals surface area contributed by atoms with Crippen LogP contribution in [0.2, 0.25) is 0 Å². The van der Waals surface area contributed by atoms with Gasteiger partial charge in [-0.15, -0.1) is 0 Å². The fourth-order valence-corrected chi connectivity index (χ4v) is 2.46. The number of carbonyl (C=O) groups is 2. The van der Waals surface area contributed by atoms with Crippen molar-refractivity contribution < 1.29 is 32.6 Å². The lowest BCUT2D eigenvalue weighted by Gasteiger charge is -2.10. The molecule has 1 heterocycles. The van der Waals surface area contributed by atoms with Gasteiger partial charge in [0.05, 0.1) is 24.2 Å². The van der Waals surface area contributed by atoms with Gasteiger partial charge in [-0.05, 0) is 37.6 Å². The minimum atomic E-state index is -2.98. The molecular weight excluding hydrogens is 388 g/mol. The fourth-order valence-electron chi connectivity index (χ4n) is 2.46. The lowest BCUT2D eigenvalue weighted by atomic mass is 10.2. The Labute approximate surface area is 166 Å². The average molecular weight is 409 g/mol. The largest absolute Gasteiger partial charge is 0.493 e. The van der Waals surface area contributed by atoms with Crippen LogP contribution in [0.25, 0.3) is 6.08 Å². The minimum absolute atomic E-state index is 0.0856. The van der Waals surface area contributed by atoms with E-state index < -0.39 is 25.1 Å². The lowest BCUT2D eigenvalue weighted by Crippen LogP contribution is -2.20. The van der Waals surface area contributed by atoms with Crippen molar-refractivity contribution >= 4 is 23.6 Å². The van der Waals surface area contributed by atoms with Crippen LogP contribution in [0.4, 0.5) is 14.5 Å². The summed E-state index contributed by atoms with van der Waals surface area (Å²) in [4.78, 5) is 23.8. The molecule has 0 unspecified atom stereocenters. The first-order chi connectivity index (χ1) is 13.7. The molecule has 8 nitrogen and oxygen atoms in total. The van der Waals surface area contributed by atoms with Crippen LogP contribution < -0.4 is 14.8 Å². The van der Waals surface area contributed by atoms with Gasteiger partial charge in [-0.1, -0.05) is 6.07 Å². The highest BCUT2D eigenvalue weighted by atomic mass is 19.3. The van der Waals surface area contributed by atoms with Gasteiger partial charge >= 0.3 is 12.6 Å². The standard InChI is InChI=1S/C19H21F2N3O5/c1-11-18(12(2)24(3)23-11)22-16(25)10-28-17(26)8-6-13-5-7-14(29-19(20)21)15(9-13)27-4/h5-9,19H,10H2,1-4H3,(H,22,25)/b8-6+. The van der Waals surface area contributed by atoms with Crippen LogP contribution in [0, 0.1) is 13.8 Å². The first-order valence-corrected chi connectivity index (χ1v) is 8.49. The molecule has 1 N–H and O–H groups in total. The maximum Gasteiger partial charge on any atom is 0.387 e. The second-order valence-electron chi connectivity index (χ2n) is 5.95. The summed E-state index contributed by atoms with van der Waals surface area (Å²) in [5.41, 5.74) is 2.49. The number of halogens is 2. The molecule has 10 heteroatoms. The van der Waals surface area contributed by atoms with E-state index in [4.69, 9.17) is 9.47 Å². The predicted molar refractivity (Wildman–Crippen MR) is 101 cm³/mol. The number of esters is 1. The number of amides is 1. The first kappa shape index (κ1) is 21.9. The molecule has 1 amide bonds. The van der Waals surface area contributed by atoms with E-state index in [1.54, 1.807) is 25.6 Å². The number of rotatable bonds is 8. The Balaban J connectivity index is 1.91. The molecule has 0 saturated carbocycles. The Bertz CT molecular complexity index is 925. The van der Waals surface area contributed by atoms with Gasteiger partial charge in [-0.2, -0.15) is 13.9 Å². The number of ether oxygens (including phenoxy) is 3. The Morgan fingerprint density at radius 2 is 2.00 bits per heavy atom. The second kappa shape index (κ2) is 9.67. The van der Waals surface area contributed by atoms with E-state index >= 15 is 0 Å². The smallest absolute Gasteiger partial charge is 0.387 e. The number of aromatic nitrogens is 2. The molecule has 0 spiro atoms. The van der Waals surface area contributed by atoms with Gasteiger partial charge < -0.3 is 19.5 Å². The summed E-state index contributed by atoms with van der Waals surface area (Å²) in [6.07, 6.45) is 2.50. The van der Waals surface area contributed by atoms with Crippen LogP contribution in [-0.2, 0) is 21.4 Å². The van der Waals surface area contributed by atoms with E-state index in [0.29, 0.717) is 16.9 Å². The molecular formula is C19H21F2N3O5. The monoisotopic (exact) mass is 409 g/mol. The summed E-state index contributed by atoms with van der Waals surface area (Å²) < 4.78 is 40.5. The molecule has 29 heavy (non-hydrogen) atoms. The van der Waals surface area contributed by atoms with Crippen molar-refractivity contribution in [1.82, 2.24) is 9.78 Å². The van der Waals surface area contributed by atoms with Crippen molar-refractivity contribution in [2.75, 3.05) is 19.0 Å². The molecule has 156 valence electrons. The van der Waals surface area contributed by atoms with Crippen LogP contribution in [0.15, 0.2) is 24.3 Å². The molecule has 0 fully saturated rings. The number of carbonyl (C=O) groups excluding carboxylic acids is 2. The summed E-state index contributed by atoms with van der Waals surface area (Å²) in [6.45, 7) is 0.103. The van der Waals surface area contributed by atoms with Crippen molar-refractivity contribution in [3.63, 3.8) is 0 Å². The van der Waals surface area contributed by atoms with Gasteiger partial charge in [0, 0.05) is 13.1 Å². The van der Waals surface area contributed by atoms with Gasteiger partial charge in [-0.3, -0.25) is 9.48 Å². The number of aryl methyl sites for hydroxylation is 2. The zero-order valence-electron chi connectivity index (χ0n) is 16.4. The predicted octanol–water partition coefficient (Wildman–Crippen LogP) is 2.84. The molecule has 1 aromatic carbocycles. The van der Waals surface area contributed by atoms with Gasteiger partial charge in [0.25, 0.3) is 5.91 Å². The molecule has 1 aromatic heterocycles. The van der Waals surface area contributed by atoms with E-state index in [-0.39, 0.29) is 11.5 Å². The molecule has 2 aromatic rings. The summed E-state index contributed by atoms with van der Waals surface area (Å²) >= 11 is 0. The highest BCUT2D eigenvalue weighted by Crippen LogP contribution is 2.29. The van der Waals surface area contributed by atoms with Crippen molar-refractivity contribution in [3.05, 3.63) is 41.2 Å². The number of benzene rings is 1. The zero-order valence-corrected chi connectivity index (χ0v) is 16.4. The highest BCUT2D eigenvalue weighted by molar-refractivity contribution is 5.95. The van der Waals surface area contributed by atoms with Gasteiger partial charge in [0.15, 0.2) is 18.1 Å². The van der Waals surface area contributed by atoms with E-state index in [9.17, 15) is 18.4 Å². The molecule has 0 bridgehead atoms. The van der Waals surface area contributed by atoms with Crippen LogP contribution in [0.1, 0.15) is 17.0 Å². The van der Waals surface area contributed by atoms with E-state index in [2.05, 4.69) is 15.2 Å². The number of hydrogen-bond donors (Lipinski definition) is 1. The summed E-state index contributed by atoms with van der Waals surface area (Å²) in [6, 6.07) is 4.18. The number of hydrogen-bond acceptors (Lipinski definition) is 6. The zero-order chi connectivity index (χ0) is 21.6. The summed E-state index contributed by atoms with van der Waals surface area (Å²) in [5, 5.41) is 6.83. The molecule has 0 atom stereocenters. The SMILES string of the molecule is COc1cc(/C=C/C(=O)OCC(=O)Nc2c(C)nn(C)c2C)ccc1OC(F)F. The van der Waals surface area contributed by atoms with E-state index in [1.165, 1.54) is 31.4 Å². The Morgan fingerprint density at radius 1 is 1.28 bits per heavy atom. The third-order valence-corrected chi connectivity index (χ3v) is 3.93. The first-order valence-electron chi connectivity index (χ1n) is 8.49. The van der Waals surface area contributed by atoms with E-state index in [0.717, 1.165) is 11.8 Å². The number of nitrogens with zero attached hydrogens (tertiary/aromatic N) is 2. The summed E-state index contributed by atoms with van der Waals surface area (Å²) in [5.74, 6) is -1.28. The quantitative estimate of drug-likeness (QED) is 0.533. The molecule has 2 rings (SSSR count). The van der Waals surface area contributed by atoms with Crippen molar-refractivity contribution in [1.29, 1.82) is 0 Å². The van der Waals surface area contributed by atoms with Crippen molar-refractivity contribution in [2.24, 2.45) is 7.05 Å². The van der Waals surface area contributed by atoms with Gasteiger partial charge in [0.1, 0.15) is 0 Å².